The van der Waals surface area contributed by atoms with Crippen LogP contribution in [0.2, 0.25) is 4.34 Å². The third kappa shape index (κ3) is 2.42. The summed E-state index contributed by atoms with van der Waals surface area (Å²) in [5.41, 5.74) is 0. The lowest BCUT2D eigenvalue weighted by atomic mass is 10.3. The molecule has 0 aliphatic carbocycles. The number of thiophene rings is 1. The van der Waals surface area contributed by atoms with Crippen molar-refractivity contribution in [2.75, 3.05) is 0 Å². The fourth-order valence-corrected chi connectivity index (χ4v) is 2.40. The number of hydrogen-bond acceptors (Lipinski definition) is 4. The standard InChI is InChI=1S/C10H12ClN3OS/c1-2-7(15)5-14-10(12-6-13-14)8-3-4-9(11)16-8/h3-4,6-7,15H,2,5H2,1H3/t7-/m1/s1. The fraction of sp³-hybridized carbons (Fsp3) is 0.400. The largest absolute Gasteiger partial charge is 0.391 e. The maximum atomic E-state index is 9.60. The molecule has 0 aliphatic rings. The smallest absolute Gasteiger partial charge is 0.168 e. The lowest BCUT2D eigenvalue weighted by molar-refractivity contribution is 0.146. The molecule has 1 atom stereocenters. The summed E-state index contributed by atoms with van der Waals surface area (Å²) in [7, 11) is 0. The normalized spacial score (nSPS) is 12.9. The second-order valence-corrected chi connectivity index (χ2v) is 5.15. The van der Waals surface area contributed by atoms with Crippen molar-refractivity contribution >= 4 is 22.9 Å². The van der Waals surface area contributed by atoms with Crippen LogP contribution in [0.5, 0.6) is 0 Å². The molecule has 2 aromatic heterocycles. The van der Waals surface area contributed by atoms with E-state index in [1.807, 2.05) is 19.1 Å². The van der Waals surface area contributed by atoms with E-state index in [0.29, 0.717) is 13.0 Å². The Hall–Kier alpha value is -0.910. The van der Waals surface area contributed by atoms with Crippen molar-refractivity contribution in [1.82, 2.24) is 14.8 Å². The Morgan fingerprint density at radius 2 is 2.38 bits per heavy atom. The molecule has 16 heavy (non-hydrogen) atoms. The summed E-state index contributed by atoms with van der Waals surface area (Å²) in [5.74, 6) is 0.754. The summed E-state index contributed by atoms with van der Waals surface area (Å²) in [6.45, 7) is 2.39. The van der Waals surface area contributed by atoms with Crippen LogP contribution in [-0.4, -0.2) is 26.0 Å². The van der Waals surface area contributed by atoms with Crippen LogP contribution in [0.4, 0.5) is 0 Å². The Balaban J connectivity index is 2.25. The number of aromatic nitrogens is 3. The van der Waals surface area contributed by atoms with Gasteiger partial charge in [0.1, 0.15) is 6.33 Å². The van der Waals surface area contributed by atoms with Gasteiger partial charge in [-0.05, 0) is 18.6 Å². The highest BCUT2D eigenvalue weighted by atomic mass is 35.5. The van der Waals surface area contributed by atoms with Gasteiger partial charge in [-0.15, -0.1) is 11.3 Å². The van der Waals surface area contributed by atoms with Crippen LogP contribution in [0.15, 0.2) is 18.5 Å². The van der Waals surface area contributed by atoms with Gasteiger partial charge >= 0.3 is 0 Å². The molecule has 0 radical (unpaired) electrons. The lowest BCUT2D eigenvalue weighted by Gasteiger charge is -2.08. The van der Waals surface area contributed by atoms with Crippen molar-refractivity contribution in [1.29, 1.82) is 0 Å². The molecule has 0 bridgehead atoms. The third-order valence-electron chi connectivity index (χ3n) is 2.26. The summed E-state index contributed by atoms with van der Waals surface area (Å²) in [6, 6.07) is 3.74. The van der Waals surface area contributed by atoms with Gasteiger partial charge < -0.3 is 5.11 Å². The zero-order valence-corrected chi connectivity index (χ0v) is 10.4. The van der Waals surface area contributed by atoms with Crippen LogP contribution in [0, 0.1) is 0 Å². The molecule has 6 heteroatoms. The zero-order chi connectivity index (χ0) is 11.5. The first-order chi connectivity index (χ1) is 7.70. The minimum atomic E-state index is -0.393. The average Bonchev–Trinajstić information content (AvgIpc) is 2.86. The molecular weight excluding hydrogens is 246 g/mol. The Kier molecular flexibility index (Phi) is 3.58. The first-order valence-corrected chi connectivity index (χ1v) is 6.21. The van der Waals surface area contributed by atoms with Crippen molar-refractivity contribution in [3.8, 4) is 10.7 Å². The third-order valence-corrected chi connectivity index (χ3v) is 3.49. The molecule has 0 amide bonds. The Morgan fingerprint density at radius 3 is 3.00 bits per heavy atom. The first-order valence-electron chi connectivity index (χ1n) is 5.02. The molecule has 0 unspecified atom stereocenters. The van der Waals surface area contributed by atoms with Crippen molar-refractivity contribution < 1.29 is 5.11 Å². The van der Waals surface area contributed by atoms with Gasteiger partial charge in [0, 0.05) is 0 Å². The van der Waals surface area contributed by atoms with Crippen LogP contribution in [0.25, 0.3) is 10.7 Å². The zero-order valence-electron chi connectivity index (χ0n) is 8.80. The molecule has 0 saturated heterocycles. The van der Waals surface area contributed by atoms with Crippen LogP contribution >= 0.6 is 22.9 Å². The van der Waals surface area contributed by atoms with E-state index < -0.39 is 6.10 Å². The molecule has 4 nitrogen and oxygen atoms in total. The van der Waals surface area contributed by atoms with Crippen molar-refractivity contribution in [2.24, 2.45) is 0 Å². The predicted molar refractivity (Wildman–Crippen MR) is 64.6 cm³/mol. The minimum absolute atomic E-state index is 0.393. The molecule has 0 spiro atoms. The van der Waals surface area contributed by atoms with Crippen LogP contribution in [0.3, 0.4) is 0 Å². The van der Waals surface area contributed by atoms with Crippen LogP contribution in [0.1, 0.15) is 13.3 Å². The summed E-state index contributed by atoms with van der Waals surface area (Å²) >= 11 is 7.33. The molecular formula is C10H12ClN3OS. The number of aliphatic hydroxyl groups is 1. The van der Waals surface area contributed by atoms with Crippen LogP contribution in [-0.2, 0) is 6.54 Å². The number of aliphatic hydroxyl groups excluding tert-OH is 1. The van der Waals surface area contributed by atoms with E-state index >= 15 is 0 Å². The van der Waals surface area contributed by atoms with E-state index in [1.165, 1.54) is 17.7 Å². The number of nitrogens with zero attached hydrogens (tertiary/aromatic N) is 3. The second-order valence-electron chi connectivity index (χ2n) is 3.43. The molecule has 2 aromatic rings. The molecule has 86 valence electrons. The van der Waals surface area contributed by atoms with E-state index in [0.717, 1.165) is 15.0 Å². The van der Waals surface area contributed by atoms with Gasteiger partial charge in [0.25, 0.3) is 0 Å². The summed E-state index contributed by atoms with van der Waals surface area (Å²) < 4.78 is 2.43. The van der Waals surface area contributed by atoms with E-state index in [2.05, 4.69) is 10.1 Å². The van der Waals surface area contributed by atoms with E-state index in [-0.39, 0.29) is 0 Å². The van der Waals surface area contributed by atoms with Crippen molar-refractivity contribution in [2.45, 2.75) is 26.0 Å². The number of halogens is 1. The monoisotopic (exact) mass is 257 g/mol. The molecule has 2 heterocycles. The molecule has 0 aromatic carbocycles. The average molecular weight is 258 g/mol. The quantitative estimate of drug-likeness (QED) is 0.915. The molecule has 0 saturated carbocycles. The lowest BCUT2D eigenvalue weighted by Crippen LogP contribution is -2.16. The highest BCUT2D eigenvalue weighted by Gasteiger charge is 2.12. The Labute approximate surface area is 103 Å². The second kappa shape index (κ2) is 4.95. The Bertz CT molecular complexity index is 468. The topological polar surface area (TPSA) is 50.9 Å². The number of hydrogen-bond donors (Lipinski definition) is 1. The highest BCUT2D eigenvalue weighted by Crippen LogP contribution is 2.29. The summed E-state index contributed by atoms with van der Waals surface area (Å²) in [5, 5.41) is 13.7. The van der Waals surface area contributed by atoms with Gasteiger partial charge in [0.2, 0.25) is 0 Å². The molecule has 1 N–H and O–H groups in total. The SMILES string of the molecule is CC[C@@H](O)Cn1ncnc1-c1ccc(Cl)s1. The summed E-state index contributed by atoms with van der Waals surface area (Å²) in [6.07, 6.45) is 1.80. The van der Waals surface area contributed by atoms with Gasteiger partial charge in [0.05, 0.1) is 21.9 Å². The fourth-order valence-electron chi connectivity index (χ4n) is 1.35. The minimum Gasteiger partial charge on any atom is -0.391 e. The predicted octanol–water partition coefficient (Wildman–Crippen LogP) is 2.43. The van der Waals surface area contributed by atoms with Crippen molar-refractivity contribution in [3.05, 3.63) is 22.8 Å². The summed E-state index contributed by atoms with van der Waals surface area (Å²) in [4.78, 5) is 5.14. The Morgan fingerprint density at radius 1 is 1.56 bits per heavy atom. The van der Waals surface area contributed by atoms with E-state index in [4.69, 9.17) is 11.6 Å². The maximum Gasteiger partial charge on any atom is 0.168 e. The van der Waals surface area contributed by atoms with Crippen molar-refractivity contribution in [3.63, 3.8) is 0 Å². The maximum absolute atomic E-state index is 9.60. The van der Waals surface area contributed by atoms with E-state index in [9.17, 15) is 5.11 Å². The van der Waals surface area contributed by atoms with E-state index in [1.54, 1.807) is 4.68 Å². The van der Waals surface area contributed by atoms with Gasteiger partial charge in [-0.2, -0.15) is 5.10 Å². The molecule has 0 fully saturated rings. The van der Waals surface area contributed by atoms with Gasteiger partial charge in [0.15, 0.2) is 5.82 Å². The number of rotatable bonds is 4. The van der Waals surface area contributed by atoms with Gasteiger partial charge in [-0.25, -0.2) is 9.67 Å². The molecule has 2 rings (SSSR count). The highest BCUT2D eigenvalue weighted by molar-refractivity contribution is 7.19. The van der Waals surface area contributed by atoms with Crippen LogP contribution < -0.4 is 0 Å². The van der Waals surface area contributed by atoms with Gasteiger partial charge in [-0.3, -0.25) is 0 Å². The van der Waals surface area contributed by atoms with Gasteiger partial charge in [-0.1, -0.05) is 18.5 Å². The molecule has 0 aliphatic heterocycles. The first kappa shape index (κ1) is 11.6.